The first-order chi connectivity index (χ1) is 20.5. The summed E-state index contributed by atoms with van der Waals surface area (Å²) in [6.07, 6.45) is 6.41. The minimum atomic E-state index is -0.318. The molecule has 0 spiro atoms. The molecule has 3 aromatic heterocycles. The van der Waals surface area contributed by atoms with Gasteiger partial charge in [0.2, 0.25) is 11.8 Å². The number of aromatic nitrogens is 4. The van der Waals surface area contributed by atoms with E-state index in [0.717, 1.165) is 57.9 Å². The monoisotopic (exact) mass is 580 g/mol. The zero-order valence-corrected chi connectivity index (χ0v) is 23.4. The van der Waals surface area contributed by atoms with Crippen molar-refractivity contribution in [2.75, 3.05) is 17.6 Å². The van der Waals surface area contributed by atoms with Crippen molar-refractivity contribution in [1.82, 2.24) is 35.9 Å². The summed E-state index contributed by atoms with van der Waals surface area (Å²) in [7, 11) is 0. The number of hydrogen-bond acceptors (Lipinski definition) is 8. The van der Waals surface area contributed by atoms with E-state index in [1.807, 2.05) is 42.1 Å². The van der Waals surface area contributed by atoms with Crippen molar-refractivity contribution < 1.29 is 14.4 Å². The second-order valence-corrected chi connectivity index (χ2v) is 11.9. The molecule has 2 aliphatic heterocycles. The van der Waals surface area contributed by atoms with Crippen LogP contribution in [-0.2, 0) is 9.59 Å². The van der Waals surface area contributed by atoms with E-state index in [-0.39, 0.29) is 36.5 Å². The van der Waals surface area contributed by atoms with Gasteiger partial charge in [-0.25, -0.2) is 14.8 Å². The third kappa shape index (κ3) is 5.02. The van der Waals surface area contributed by atoms with Crippen molar-refractivity contribution >= 4 is 79.2 Å². The molecular formula is C30H28N8O3S. The molecule has 0 aliphatic carbocycles. The largest absolute Gasteiger partial charge is 0.347 e. The summed E-state index contributed by atoms with van der Waals surface area (Å²) < 4.78 is 0. The third-order valence-corrected chi connectivity index (χ3v) is 9.33. The van der Waals surface area contributed by atoms with E-state index in [9.17, 15) is 14.4 Å². The van der Waals surface area contributed by atoms with Crippen molar-refractivity contribution in [3.63, 3.8) is 0 Å². The second kappa shape index (κ2) is 11.0. The average Bonchev–Trinajstić information content (AvgIpc) is 3.56. The molecule has 11 nitrogen and oxygen atoms in total. The SMILES string of the molecule is O=C(CCCC[C@@H]1SC[C@@H]2NC(=O)N[C@@H]21)NCC(=O)Nc1ccc2nc3c4cccnc4c4ncccc4c3nc2c1. The zero-order chi connectivity index (χ0) is 28.6. The predicted octanol–water partition coefficient (Wildman–Crippen LogP) is 3.66. The van der Waals surface area contributed by atoms with Gasteiger partial charge in [0.1, 0.15) is 0 Å². The summed E-state index contributed by atoms with van der Waals surface area (Å²) in [6.45, 7) is -0.116. The van der Waals surface area contributed by atoms with Gasteiger partial charge in [-0.1, -0.05) is 6.42 Å². The maximum Gasteiger partial charge on any atom is 0.315 e. The molecule has 4 N–H and O–H groups in total. The van der Waals surface area contributed by atoms with Crippen LogP contribution in [0, 0.1) is 0 Å². The zero-order valence-electron chi connectivity index (χ0n) is 22.6. The number of anilines is 1. The molecule has 5 heterocycles. The van der Waals surface area contributed by atoms with Crippen LogP contribution in [0.15, 0.2) is 54.9 Å². The number of pyridine rings is 2. The molecule has 2 fully saturated rings. The number of rotatable bonds is 8. The summed E-state index contributed by atoms with van der Waals surface area (Å²) in [4.78, 5) is 55.4. The maximum atomic E-state index is 12.6. The van der Waals surface area contributed by atoms with E-state index in [4.69, 9.17) is 9.97 Å². The summed E-state index contributed by atoms with van der Waals surface area (Å²) in [5.41, 5.74) is 4.92. The van der Waals surface area contributed by atoms with Gasteiger partial charge in [-0.2, -0.15) is 11.8 Å². The van der Waals surface area contributed by atoms with E-state index >= 15 is 0 Å². The molecule has 2 saturated heterocycles. The van der Waals surface area contributed by atoms with Crippen LogP contribution in [0.2, 0.25) is 0 Å². The highest BCUT2D eigenvalue weighted by Crippen LogP contribution is 2.34. The minimum Gasteiger partial charge on any atom is -0.347 e. The molecule has 0 bridgehead atoms. The quantitative estimate of drug-likeness (QED) is 0.0940. The number of hydrogen-bond donors (Lipinski definition) is 4. The Kier molecular flexibility index (Phi) is 6.90. The molecule has 12 heteroatoms. The molecule has 42 heavy (non-hydrogen) atoms. The number of urea groups is 1. The molecule has 2 aromatic carbocycles. The fourth-order valence-corrected chi connectivity index (χ4v) is 7.37. The van der Waals surface area contributed by atoms with Crippen molar-refractivity contribution in [1.29, 1.82) is 0 Å². The van der Waals surface area contributed by atoms with Crippen LogP contribution in [-0.4, -0.2) is 67.4 Å². The number of carbonyl (C=O) groups is 3. The van der Waals surface area contributed by atoms with E-state index in [0.29, 0.717) is 28.4 Å². The number of unbranched alkanes of at least 4 members (excludes halogenated alkanes) is 1. The van der Waals surface area contributed by atoms with Crippen LogP contribution >= 0.6 is 11.8 Å². The maximum absolute atomic E-state index is 12.6. The van der Waals surface area contributed by atoms with Gasteiger partial charge in [-0.15, -0.1) is 0 Å². The van der Waals surface area contributed by atoms with Gasteiger partial charge >= 0.3 is 6.03 Å². The number of thioether (sulfide) groups is 1. The molecule has 212 valence electrons. The summed E-state index contributed by atoms with van der Waals surface area (Å²) >= 11 is 1.87. The van der Waals surface area contributed by atoms with Crippen LogP contribution in [0.1, 0.15) is 25.7 Å². The Labute approximate surface area is 244 Å². The van der Waals surface area contributed by atoms with Crippen LogP contribution in [0.4, 0.5) is 10.5 Å². The van der Waals surface area contributed by atoms with Crippen molar-refractivity contribution in [3.8, 4) is 0 Å². The number of fused-ring (bicyclic) bond motifs is 8. The lowest BCUT2D eigenvalue weighted by Gasteiger charge is -2.16. The molecule has 0 saturated carbocycles. The lowest BCUT2D eigenvalue weighted by Crippen LogP contribution is -2.36. The summed E-state index contributed by atoms with van der Waals surface area (Å²) in [5, 5.41) is 13.6. The molecule has 4 amide bonds. The van der Waals surface area contributed by atoms with Crippen molar-refractivity contribution in [2.45, 2.75) is 43.0 Å². The van der Waals surface area contributed by atoms with E-state index in [1.54, 1.807) is 24.5 Å². The fraction of sp³-hybridized carbons (Fsp3) is 0.300. The second-order valence-electron chi connectivity index (χ2n) is 10.6. The Bertz CT molecular complexity index is 1880. The molecule has 5 aromatic rings. The predicted molar refractivity (Wildman–Crippen MR) is 163 cm³/mol. The van der Waals surface area contributed by atoms with Gasteiger partial charge in [0.05, 0.1) is 51.7 Å². The first-order valence-electron chi connectivity index (χ1n) is 14.0. The van der Waals surface area contributed by atoms with Gasteiger partial charge in [0.15, 0.2) is 0 Å². The first-order valence-corrected chi connectivity index (χ1v) is 15.1. The molecule has 0 unspecified atom stereocenters. The van der Waals surface area contributed by atoms with Crippen LogP contribution in [0.5, 0.6) is 0 Å². The first kappa shape index (κ1) is 26.3. The van der Waals surface area contributed by atoms with Crippen molar-refractivity contribution in [2.24, 2.45) is 0 Å². The van der Waals surface area contributed by atoms with E-state index in [2.05, 4.69) is 31.2 Å². The van der Waals surface area contributed by atoms with Crippen LogP contribution < -0.4 is 21.3 Å². The van der Waals surface area contributed by atoms with E-state index < -0.39 is 0 Å². The average molecular weight is 581 g/mol. The van der Waals surface area contributed by atoms with Crippen LogP contribution in [0.25, 0.3) is 43.9 Å². The highest BCUT2D eigenvalue weighted by Gasteiger charge is 2.42. The number of nitrogens with one attached hydrogen (secondary N) is 4. The molecule has 7 rings (SSSR count). The number of amides is 4. The normalized spacial score (nSPS) is 19.6. The Morgan fingerprint density at radius 1 is 0.881 bits per heavy atom. The summed E-state index contributed by atoms with van der Waals surface area (Å²) in [6, 6.07) is 13.4. The van der Waals surface area contributed by atoms with Gasteiger partial charge in [-0.3, -0.25) is 19.6 Å². The standard InChI is InChI=1S/C30H28N8O3S/c39-23(8-2-1-7-22-29-21(15-42-22)37-30(41)38-29)33-14-24(40)34-16-9-10-19-20(13-16)36-28-18-6-4-12-32-26(18)25-17(27(28)35-19)5-3-11-31-25/h3-6,9-13,21-22,29H,1-2,7-8,14-15H2,(H,33,39)(H,34,40)(H2,37,38,41)/t21-,22-,29-/m0/s1. The van der Waals surface area contributed by atoms with E-state index in [1.165, 1.54) is 0 Å². The Balaban J connectivity index is 0.970. The Morgan fingerprint density at radius 2 is 1.62 bits per heavy atom. The molecular weight excluding hydrogens is 552 g/mol. The van der Waals surface area contributed by atoms with Crippen LogP contribution in [0.3, 0.4) is 0 Å². The highest BCUT2D eigenvalue weighted by molar-refractivity contribution is 8.00. The van der Waals surface area contributed by atoms with Gasteiger partial charge < -0.3 is 21.3 Å². The highest BCUT2D eigenvalue weighted by atomic mass is 32.2. The molecule has 3 atom stereocenters. The minimum absolute atomic E-state index is 0.0873. The third-order valence-electron chi connectivity index (χ3n) is 7.82. The molecule has 0 radical (unpaired) electrons. The van der Waals surface area contributed by atoms with Gasteiger partial charge in [0, 0.05) is 46.3 Å². The topological polar surface area (TPSA) is 151 Å². The number of nitrogens with zero attached hydrogens (tertiary/aromatic N) is 4. The Morgan fingerprint density at radius 3 is 2.38 bits per heavy atom. The lowest BCUT2D eigenvalue weighted by atomic mass is 10.0. The van der Waals surface area contributed by atoms with Gasteiger partial charge in [-0.05, 0) is 55.3 Å². The fourth-order valence-electron chi connectivity index (χ4n) is 5.82. The van der Waals surface area contributed by atoms with Gasteiger partial charge in [0.25, 0.3) is 0 Å². The lowest BCUT2D eigenvalue weighted by molar-refractivity contribution is -0.124. The number of carbonyl (C=O) groups excluding carboxylic acids is 3. The Hall–Kier alpha value is -4.58. The van der Waals surface area contributed by atoms with Crippen molar-refractivity contribution in [3.05, 3.63) is 54.9 Å². The number of benzene rings is 2. The summed E-state index contributed by atoms with van der Waals surface area (Å²) in [5.74, 6) is 0.449. The molecule has 2 aliphatic rings. The smallest absolute Gasteiger partial charge is 0.315 e.